The van der Waals surface area contributed by atoms with E-state index in [1.165, 1.54) is 0 Å². The summed E-state index contributed by atoms with van der Waals surface area (Å²) >= 11 is 0. The van der Waals surface area contributed by atoms with Gasteiger partial charge in [-0.1, -0.05) is 92.7 Å². The Labute approximate surface area is 266 Å². The molecule has 3 atom stereocenters. The third-order valence-corrected chi connectivity index (χ3v) is 7.76. The van der Waals surface area contributed by atoms with E-state index in [1.807, 2.05) is 68.4 Å². The van der Waals surface area contributed by atoms with E-state index in [1.54, 1.807) is 24.3 Å². The Balaban J connectivity index is 1.53. The Morgan fingerprint density at radius 2 is 1.49 bits per heavy atom. The quantitative estimate of drug-likeness (QED) is 0.195. The normalized spacial score (nSPS) is 15.9. The van der Waals surface area contributed by atoms with Gasteiger partial charge in [-0.2, -0.15) is 5.01 Å². The summed E-state index contributed by atoms with van der Waals surface area (Å²) in [4.78, 5) is 46.9. The number of ether oxygens (including phenoxy) is 2. The summed E-state index contributed by atoms with van der Waals surface area (Å²) in [5.74, 6) is -2.18. The third kappa shape index (κ3) is 11.0. The van der Waals surface area contributed by atoms with Crippen molar-refractivity contribution in [2.24, 2.45) is 17.8 Å². The molecule has 0 aliphatic carbocycles. The molecule has 1 unspecified atom stereocenters. The van der Waals surface area contributed by atoms with Gasteiger partial charge in [-0.05, 0) is 67.7 Å². The summed E-state index contributed by atoms with van der Waals surface area (Å²) < 4.78 is 11.2. The van der Waals surface area contributed by atoms with Crippen LogP contribution in [0.2, 0.25) is 0 Å². The third-order valence-electron chi connectivity index (χ3n) is 7.76. The highest BCUT2D eigenvalue weighted by atomic mass is 16.8. The van der Waals surface area contributed by atoms with Crippen molar-refractivity contribution in [1.29, 1.82) is 0 Å². The number of para-hydroxylation sites is 1. The molecule has 2 N–H and O–H groups in total. The van der Waals surface area contributed by atoms with Crippen LogP contribution in [0.4, 0.5) is 10.5 Å². The second-order valence-electron chi connectivity index (χ2n) is 11.8. The zero-order valence-corrected chi connectivity index (χ0v) is 26.2. The van der Waals surface area contributed by atoms with Gasteiger partial charge in [0.25, 0.3) is 0 Å². The van der Waals surface area contributed by atoms with Crippen molar-refractivity contribution in [2.75, 3.05) is 11.6 Å². The smallest absolute Gasteiger partial charge is 0.433 e. The first kappa shape index (κ1) is 33.7. The molecule has 1 saturated heterocycles. The standard InChI is InChI=1S/C36H45N3O6/c1-27(2)25-32(31(22-14-19-28-15-6-3-7-16-28)35(41)38-45-33-23-12-13-24-43-33)34(40)37-39(30-20-10-5-11-21-30)36(42)44-26-29-17-8-4-9-18-29/h3-11,15-18,20-21,27,31-33H,12-14,19,22-26H2,1-2H3,(H,37,40)(H,38,41)/t31-,32+,33?/m0/s1. The molecule has 45 heavy (non-hydrogen) atoms. The Bertz CT molecular complexity index is 1320. The lowest BCUT2D eigenvalue weighted by Gasteiger charge is -2.30. The van der Waals surface area contributed by atoms with E-state index in [4.69, 9.17) is 14.3 Å². The largest absolute Gasteiger partial charge is 0.443 e. The van der Waals surface area contributed by atoms with Gasteiger partial charge in [0, 0.05) is 13.0 Å². The predicted molar refractivity (Wildman–Crippen MR) is 172 cm³/mol. The molecule has 0 spiro atoms. The number of hydrogen-bond donors (Lipinski definition) is 2. The lowest BCUT2D eigenvalue weighted by Crippen LogP contribution is -2.52. The van der Waals surface area contributed by atoms with Crippen LogP contribution in [0.3, 0.4) is 0 Å². The van der Waals surface area contributed by atoms with E-state index >= 15 is 0 Å². The Kier molecular flexibility index (Phi) is 13.4. The molecular formula is C36H45N3O6. The summed E-state index contributed by atoms with van der Waals surface area (Å²) in [5, 5.41) is 1.11. The van der Waals surface area contributed by atoms with Crippen LogP contribution in [-0.4, -0.2) is 30.8 Å². The summed E-state index contributed by atoms with van der Waals surface area (Å²) in [5.41, 5.74) is 7.82. The topological polar surface area (TPSA) is 106 Å². The molecule has 0 radical (unpaired) electrons. The number of nitrogens with one attached hydrogen (secondary N) is 2. The van der Waals surface area contributed by atoms with Crippen LogP contribution in [-0.2, 0) is 36.9 Å². The molecule has 3 aromatic carbocycles. The van der Waals surface area contributed by atoms with E-state index in [2.05, 4.69) is 23.0 Å². The SMILES string of the molecule is CC(C)C[C@@H](C(=O)NN(C(=O)OCc1ccccc1)c1ccccc1)[C@H](CCCc1ccccc1)C(=O)NOC1CCCCO1. The summed E-state index contributed by atoms with van der Waals surface area (Å²) in [6.45, 7) is 4.64. The lowest BCUT2D eigenvalue weighted by molar-refractivity contribution is -0.203. The molecule has 3 aromatic rings. The molecule has 0 saturated carbocycles. The Hall–Kier alpha value is -4.21. The average Bonchev–Trinajstić information content (AvgIpc) is 3.07. The average molecular weight is 616 g/mol. The maximum atomic E-state index is 14.1. The number of nitrogens with zero attached hydrogens (tertiary/aromatic N) is 1. The van der Waals surface area contributed by atoms with Crippen LogP contribution < -0.4 is 15.9 Å². The first-order valence-electron chi connectivity index (χ1n) is 15.9. The maximum Gasteiger partial charge on any atom is 0.433 e. The van der Waals surface area contributed by atoms with Gasteiger partial charge in [0.2, 0.25) is 11.8 Å². The first-order valence-corrected chi connectivity index (χ1v) is 15.9. The molecule has 9 heteroatoms. The van der Waals surface area contributed by atoms with Crippen molar-refractivity contribution in [2.45, 2.75) is 71.7 Å². The molecule has 0 bridgehead atoms. The number of amides is 3. The van der Waals surface area contributed by atoms with Crippen molar-refractivity contribution < 1.29 is 28.7 Å². The van der Waals surface area contributed by atoms with E-state index < -0.39 is 30.1 Å². The number of rotatable bonds is 14. The van der Waals surface area contributed by atoms with Crippen molar-refractivity contribution in [3.05, 3.63) is 102 Å². The lowest BCUT2D eigenvalue weighted by atomic mass is 9.81. The van der Waals surface area contributed by atoms with Gasteiger partial charge in [-0.3, -0.25) is 15.0 Å². The Morgan fingerprint density at radius 1 is 0.844 bits per heavy atom. The highest BCUT2D eigenvalue weighted by molar-refractivity contribution is 5.94. The number of benzene rings is 3. The molecule has 1 aliphatic heterocycles. The van der Waals surface area contributed by atoms with Crippen LogP contribution in [0.5, 0.6) is 0 Å². The maximum absolute atomic E-state index is 14.1. The van der Waals surface area contributed by atoms with Gasteiger partial charge >= 0.3 is 6.09 Å². The molecule has 1 aliphatic rings. The van der Waals surface area contributed by atoms with Crippen LogP contribution in [0.1, 0.15) is 63.5 Å². The predicted octanol–water partition coefficient (Wildman–Crippen LogP) is 6.74. The minimum absolute atomic E-state index is 0.0411. The van der Waals surface area contributed by atoms with Gasteiger partial charge in [0.05, 0.1) is 17.5 Å². The molecule has 1 heterocycles. The molecule has 9 nitrogen and oxygen atoms in total. The van der Waals surface area contributed by atoms with Gasteiger partial charge < -0.3 is 9.47 Å². The number of hydrogen-bond acceptors (Lipinski definition) is 6. The number of carbonyl (C=O) groups excluding carboxylic acids is 3. The first-order chi connectivity index (χ1) is 21.9. The molecular weight excluding hydrogens is 570 g/mol. The zero-order chi connectivity index (χ0) is 31.9. The Morgan fingerprint density at radius 3 is 2.11 bits per heavy atom. The van der Waals surface area contributed by atoms with E-state index in [0.717, 1.165) is 35.4 Å². The van der Waals surface area contributed by atoms with Gasteiger partial charge in [-0.15, -0.1) is 0 Å². The second-order valence-corrected chi connectivity index (χ2v) is 11.8. The fourth-order valence-corrected chi connectivity index (χ4v) is 5.42. The summed E-state index contributed by atoms with van der Waals surface area (Å²) in [6.07, 6.45) is 3.67. The van der Waals surface area contributed by atoms with E-state index in [9.17, 15) is 14.4 Å². The van der Waals surface area contributed by atoms with E-state index in [0.29, 0.717) is 38.0 Å². The van der Waals surface area contributed by atoms with Crippen LogP contribution in [0.15, 0.2) is 91.0 Å². The molecule has 1 fully saturated rings. The summed E-state index contributed by atoms with van der Waals surface area (Å²) in [7, 11) is 0. The molecule has 3 amide bonds. The van der Waals surface area contributed by atoms with Gasteiger partial charge in [-0.25, -0.2) is 15.1 Å². The van der Waals surface area contributed by atoms with Crippen LogP contribution in [0.25, 0.3) is 0 Å². The van der Waals surface area contributed by atoms with E-state index in [-0.39, 0.29) is 18.4 Å². The molecule has 240 valence electrons. The number of hydroxylamine groups is 1. The fraction of sp³-hybridized carbons (Fsp3) is 0.417. The van der Waals surface area contributed by atoms with Gasteiger partial charge in [0.1, 0.15) is 6.61 Å². The molecule has 4 rings (SSSR count). The van der Waals surface area contributed by atoms with Crippen LogP contribution in [0, 0.1) is 17.8 Å². The van der Waals surface area contributed by atoms with Gasteiger partial charge in [0.15, 0.2) is 6.29 Å². The number of aryl methyl sites for hydroxylation is 1. The minimum atomic E-state index is -0.746. The highest BCUT2D eigenvalue weighted by Gasteiger charge is 2.36. The van der Waals surface area contributed by atoms with Crippen molar-refractivity contribution >= 4 is 23.6 Å². The number of hydrazine groups is 1. The number of anilines is 1. The monoisotopic (exact) mass is 615 g/mol. The second kappa shape index (κ2) is 17.9. The zero-order valence-electron chi connectivity index (χ0n) is 26.2. The summed E-state index contributed by atoms with van der Waals surface area (Å²) in [6, 6.07) is 28.2. The van der Waals surface area contributed by atoms with Crippen LogP contribution >= 0.6 is 0 Å². The van der Waals surface area contributed by atoms with Crippen molar-refractivity contribution in [1.82, 2.24) is 10.9 Å². The number of carbonyl (C=O) groups is 3. The minimum Gasteiger partial charge on any atom is -0.443 e. The van der Waals surface area contributed by atoms with Crippen molar-refractivity contribution in [3.63, 3.8) is 0 Å². The molecule has 0 aromatic heterocycles. The fourth-order valence-electron chi connectivity index (χ4n) is 5.42. The van der Waals surface area contributed by atoms with Crippen molar-refractivity contribution in [3.8, 4) is 0 Å². The highest BCUT2D eigenvalue weighted by Crippen LogP contribution is 2.28.